The lowest BCUT2D eigenvalue weighted by molar-refractivity contribution is -0.384. The van der Waals surface area contributed by atoms with Crippen molar-refractivity contribution >= 4 is 17.4 Å². The molecule has 2 heterocycles. The van der Waals surface area contributed by atoms with Crippen LogP contribution in [-0.4, -0.2) is 57.6 Å². The van der Waals surface area contributed by atoms with Crippen LogP contribution in [0.1, 0.15) is 65.1 Å². The predicted molar refractivity (Wildman–Crippen MR) is 143 cm³/mol. The van der Waals surface area contributed by atoms with Crippen LogP contribution in [0.3, 0.4) is 0 Å². The number of hydrogen-bond donors (Lipinski definition) is 0. The molecule has 0 bridgehead atoms. The van der Waals surface area contributed by atoms with Crippen molar-refractivity contribution in [3.63, 3.8) is 0 Å². The van der Waals surface area contributed by atoms with Gasteiger partial charge in [0, 0.05) is 43.8 Å². The van der Waals surface area contributed by atoms with Crippen LogP contribution in [0.2, 0.25) is 0 Å². The second-order valence-corrected chi connectivity index (χ2v) is 11.4. The molecule has 2 aromatic carbocycles. The second kappa shape index (κ2) is 10.4. The number of ether oxygens (including phenoxy) is 1. The van der Waals surface area contributed by atoms with E-state index in [0.29, 0.717) is 25.3 Å². The van der Waals surface area contributed by atoms with E-state index in [0.717, 1.165) is 25.0 Å². The zero-order valence-electron chi connectivity index (χ0n) is 22.8. The second-order valence-electron chi connectivity index (χ2n) is 11.4. The maximum absolute atomic E-state index is 13.3. The van der Waals surface area contributed by atoms with Crippen molar-refractivity contribution in [2.24, 2.45) is 5.41 Å². The van der Waals surface area contributed by atoms with Crippen molar-refractivity contribution in [3.8, 4) is 16.9 Å². The standard InChI is InChI=1S/C29H29F3N4O5/c1-28(2)14-23-25(24(37)15-28)26(17-6-9-19(10-7-17)29(30,31)32)33-35(23)21-11-8-18(13-22(21)36(39)40)27(38)34(3)16-20-5-4-12-41-20/h6-11,13,20H,4-5,12,14-16H2,1-3H3. The first-order chi connectivity index (χ1) is 19.2. The van der Waals surface area contributed by atoms with E-state index in [4.69, 9.17) is 4.74 Å². The highest BCUT2D eigenvalue weighted by Crippen LogP contribution is 2.41. The smallest absolute Gasteiger partial charge is 0.376 e. The third-order valence-corrected chi connectivity index (χ3v) is 7.53. The molecule has 41 heavy (non-hydrogen) atoms. The number of alkyl halides is 3. The number of aromatic nitrogens is 2. The van der Waals surface area contributed by atoms with Gasteiger partial charge in [-0.25, -0.2) is 4.68 Å². The van der Waals surface area contributed by atoms with Crippen LogP contribution in [0, 0.1) is 15.5 Å². The van der Waals surface area contributed by atoms with Crippen molar-refractivity contribution in [1.29, 1.82) is 0 Å². The van der Waals surface area contributed by atoms with Crippen LogP contribution in [-0.2, 0) is 17.3 Å². The van der Waals surface area contributed by atoms with Crippen LogP contribution in [0.25, 0.3) is 16.9 Å². The minimum atomic E-state index is -4.53. The molecule has 216 valence electrons. The van der Waals surface area contributed by atoms with E-state index < -0.39 is 28.0 Å². The molecule has 9 nitrogen and oxygen atoms in total. The molecule has 0 radical (unpaired) electrons. The van der Waals surface area contributed by atoms with Gasteiger partial charge in [0.25, 0.3) is 11.6 Å². The quantitative estimate of drug-likeness (QED) is 0.271. The molecule has 1 saturated heterocycles. The molecule has 0 saturated carbocycles. The van der Waals surface area contributed by atoms with Gasteiger partial charge in [0.2, 0.25) is 0 Å². The van der Waals surface area contributed by atoms with Crippen molar-refractivity contribution in [2.45, 2.75) is 51.8 Å². The van der Waals surface area contributed by atoms with E-state index in [9.17, 15) is 32.9 Å². The molecule has 1 aromatic heterocycles. The Labute approximate surface area is 234 Å². The van der Waals surface area contributed by atoms with Crippen LogP contribution >= 0.6 is 0 Å². The number of Topliss-reactive ketones (excluding diaryl/α,β-unsaturated/α-hetero) is 1. The monoisotopic (exact) mass is 570 g/mol. The fraction of sp³-hybridized carbons (Fsp3) is 0.414. The molecule has 1 aliphatic carbocycles. The third kappa shape index (κ3) is 5.61. The number of amides is 1. The molecule has 0 spiro atoms. The Hall–Kier alpha value is -4.06. The van der Waals surface area contributed by atoms with Crippen molar-refractivity contribution < 1.29 is 32.4 Å². The maximum Gasteiger partial charge on any atom is 0.416 e. The fourth-order valence-electron chi connectivity index (χ4n) is 5.55. The third-order valence-electron chi connectivity index (χ3n) is 7.53. The Balaban J connectivity index is 1.59. The summed E-state index contributed by atoms with van der Waals surface area (Å²) in [7, 11) is 1.61. The summed E-state index contributed by atoms with van der Waals surface area (Å²) in [5.41, 5.74) is -0.451. The molecule has 2 aliphatic rings. The summed E-state index contributed by atoms with van der Waals surface area (Å²) in [5, 5.41) is 16.8. The van der Waals surface area contributed by atoms with Gasteiger partial charge in [-0.05, 0) is 48.9 Å². The van der Waals surface area contributed by atoms with Crippen LogP contribution in [0.5, 0.6) is 0 Å². The lowest BCUT2D eigenvalue weighted by Gasteiger charge is -2.29. The van der Waals surface area contributed by atoms with Gasteiger partial charge in [-0.3, -0.25) is 19.7 Å². The van der Waals surface area contributed by atoms with E-state index in [1.54, 1.807) is 7.05 Å². The first kappa shape index (κ1) is 28.5. The number of likely N-dealkylation sites (N-methyl/N-ethyl adjacent to an activating group) is 1. The molecular formula is C29H29F3N4O5. The average molecular weight is 571 g/mol. The summed E-state index contributed by atoms with van der Waals surface area (Å²) in [6.07, 6.45) is -2.34. The van der Waals surface area contributed by atoms with Gasteiger partial charge in [0.1, 0.15) is 11.4 Å². The molecule has 1 aliphatic heterocycles. The number of nitro groups is 1. The van der Waals surface area contributed by atoms with Crippen LogP contribution in [0.4, 0.5) is 18.9 Å². The largest absolute Gasteiger partial charge is 0.416 e. The van der Waals surface area contributed by atoms with E-state index in [1.165, 1.54) is 39.9 Å². The number of rotatable bonds is 6. The highest BCUT2D eigenvalue weighted by Gasteiger charge is 2.38. The number of nitro benzene ring substituents is 1. The molecule has 0 N–H and O–H groups in total. The first-order valence-electron chi connectivity index (χ1n) is 13.2. The van der Waals surface area contributed by atoms with Crippen molar-refractivity contribution in [2.75, 3.05) is 20.2 Å². The molecule has 1 amide bonds. The molecule has 3 aromatic rings. The van der Waals surface area contributed by atoms with Gasteiger partial charge in [-0.2, -0.15) is 18.3 Å². The van der Waals surface area contributed by atoms with Crippen LogP contribution in [0.15, 0.2) is 42.5 Å². The van der Waals surface area contributed by atoms with E-state index in [2.05, 4.69) is 5.10 Å². The molecular weight excluding hydrogens is 541 g/mol. The number of carbonyl (C=O) groups is 2. The van der Waals surface area contributed by atoms with Crippen molar-refractivity contribution in [3.05, 3.63) is 75.0 Å². The molecule has 12 heteroatoms. The van der Waals surface area contributed by atoms with E-state index in [1.807, 2.05) is 13.8 Å². The van der Waals surface area contributed by atoms with Crippen LogP contribution < -0.4 is 0 Å². The van der Waals surface area contributed by atoms with Gasteiger partial charge in [-0.15, -0.1) is 0 Å². The summed E-state index contributed by atoms with van der Waals surface area (Å²) in [5.74, 6) is -0.651. The Morgan fingerprint density at radius 2 is 1.90 bits per heavy atom. The maximum atomic E-state index is 13.3. The summed E-state index contributed by atoms with van der Waals surface area (Å²) in [4.78, 5) is 39.5. The highest BCUT2D eigenvalue weighted by molar-refractivity contribution is 6.04. The number of ketones is 1. The van der Waals surface area contributed by atoms with E-state index in [-0.39, 0.29) is 52.1 Å². The van der Waals surface area contributed by atoms with Crippen molar-refractivity contribution in [1.82, 2.24) is 14.7 Å². The van der Waals surface area contributed by atoms with Gasteiger partial charge < -0.3 is 9.64 Å². The number of nitrogens with zero attached hydrogens (tertiary/aromatic N) is 4. The summed E-state index contributed by atoms with van der Waals surface area (Å²) < 4.78 is 46.4. The molecule has 1 unspecified atom stereocenters. The van der Waals surface area contributed by atoms with Gasteiger partial charge in [0.05, 0.1) is 27.8 Å². The topological polar surface area (TPSA) is 108 Å². The summed E-state index contributed by atoms with van der Waals surface area (Å²) >= 11 is 0. The summed E-state index contributed by atoms with van der Waals surface area (Å²) in [6.45, 7) is 4.77. The molecule has 5 rings (SSSR count). The first-order valence-corrected chi connectivity index (χ1v) is 13.2. The number of fused-ring (bicyclic) bond motifs is 1. The minimum absolute atomic E-state index is 0.0493. The fourth-order valence-corrected chi connectivity index (χ4v) is 5.55. The SMILES string of the molecule is CN(CC1CCCO1)C(=O)c1ccc(-n2nc(-c3ccc(C(F)(F)F)cc3)c3c2CC(C)(C)CC3=O)c([N+](=O)[O-])c1. The Morgan fingerprint density at radius 1 is 1.20 bits per heavy atom. The Bertz CT molecular complexity index is 1520. The number of halogens is 3. The summed E-state index contributed by atoms with van der Waals surface area (Å²) in [6, 6.07) is 8.37. The van der Waals surface area contributed by atoms with Gasteiger partial charge in [-0.1, -0.05) is 26.0 Å². The number of carbonyl (C=O) groups excluding carboxylic acids is 2. The molecule has 1 atom stereocenters. The average Bonchev–Trinajstić information content (AvgIpc) is 3.54. The number of hydrogen-bond acceptors (Lipinski definition) is 6. The Morgan fingerprint density at radius 3 is 2.51 bits per heavy atom. The lowest BCUT2D eigenvalue weighted by Crippen LogP contribution is -2.34. The molecule has 1 fully saturated rings. The predicted octanol–water partition coefficient (Wildman–Crippen LogP) is 5.87. The zero-order chi connectivity index (χ0) is 29.7. The van der Waals surface area contributed by atoms with Gasteiger partial charge >= 0.3 is 6.18 Å². The lowest BCUT2D eigenvalue weighted by atomic mass is 9.75. The highest BCUT2D eigenvalue weighted by atomic mass is 19.4. The Kier molecular flexibility index (Phi) is 7.22. The minimum Gasteiger partial charge on any atom is -0.376 e. The van der Waals surface area contributed by atoms with E-state index >= 15 is 0 Å². The zero-order valence-corrected chi connectivity index (χ0v) is 22.8. The van der Waals surface area contributed by atoms with Gasteiger partial charge in [0.15, 0.2) is 5.78 Å². The number of benzene rings is 2. The normalized spacial score (nSPS) is 18.3.